The lowest BCUT2D eigenvalue weighted by Crippen LogP contribution is -2.14. The molecule has 0 aliphatic heterocycles. The Morgan fingerprint density at radius 2 is 1.91 bits per heavy atom. The third-order valence-electron chi connectivity index (χ3n) is 2.72. The van der Waals surface area contributed by atoms with Crippen molar-refractivity contribution in [2.24, 2.45) is 0 Å². The molecule has 1 aromatic carbocycles. The second kappa shape index (κ2) is 5.51. The Morgan fingerprint density at radius 3 is 2.52 bits per heavy atom. The van der Waals surface area contributed by atoms with Crippen LogP contribution in [0, 0.1) is 0 Å². The summed E-state index contributed by atoms with van der Waals surface area (Å²) in [7, 11) is 0. The SMILES string of the molecule is O=C(Nc1ccon1)c1nnn(-c2ccc(C(F)(F)F)cc2)n1. The number of nitrogens with zero attached hydrogens (tertiary/aromatic N) is 5. The largest absolute Gasteiger partial charge is 0.416 e. The average molecular weight is 324 g/mol. The first-order valence-electron chi connectivity index (χ1n) is 6.13. The van der Waals surface area contributed by atoms with Gasteiger partial charge in [0.15, 0.2) is 5.82 Å². The molecule has 0 saturated carbocycles. The first-order chi connectivity index (χ1) is 10.9. The molecule has 0 radical (unpaired) electrons. The van der Waals surface area contributed by atoms with Gasteiger partial charge in [0.2, 0.25) is 0 Å². The molecule has 0 fully saturated rings. The minimum atomic E-state index is -4.43. The molecular formula is C12H7F3N6O2. The molecule has 8 nitrogen and oxygen atoms in total. The van der Waals surface area contributed by atoms with Gasteiger partial charge in [0.25, 0.3) is 11.7 Å². The van der Waals surface area contributed by atoms with Gasteiger partial charge in [-0.15, -0.1) is 15.0 Å². The average Bonchev–Trinajstić information content (AvgIpc) is 3.17. The van der Waals surface area contributed by atoms with Crippen molar-refractivity contribution >= 4 is 11.7 Å². The molecule has 2 heterocycles. The molecule has 3 rings (SSSR count). The fourth-order valence-electron chi connectivity index (χ4n) is 1.65. The molecule has 11 heteroatoms. The normalized spacial score (nSPS) is 11.4. The lowest BCUT2D eigenvalue weighted by molar-refractivity contribution is -0.137. The third kappa shape index (κ3) is 3.17. The Labute approximate surface area is 125 Å². The lowest BCUT2D eigenvalue weighted by atomic mass is 10.2. The van der Waals surface area contributed by atoms with Crippen LogP contribution in [0.2, 0.25) is 0 Å². The monoisotopic (exact) mass is 324 g/mol. The van der Waals surface area contributed by atoms with E-state index in [1.54, 1.807) is 0 Å². The summed E-state index contributed by atoms with van der Waals surface area (Å²) in [5, 5.41) is 16.8. The molecule has 0 saturated heterocycles. The highest BCUT2D eigenvalue weighted by Crippen LogP contribution is 2.29. The number of carbonyl (C=O) groups is 1. The van der Waals surface area contributed by atoms with E-state index in [0.29, 0.717) is 0 Å². The maximum atomic E-state index is 12.5. The maximum absolute atomic E-state index is 12.5. The van der Waals surface area contributed by atoms with Gasteiger partial charge < -0.3 is 9.84 Å². The molecule has 118 valence electrons. The van der Waals surface area contributed by atoms with Gasteiger partial charge in [0.1, 0.15) is 6.26 Å². The number of alkyl halides is 3. The fourth-order valence-corrected chi connectivity index (χ4v) is 1.65. The first-order valence-corrected chi connectivity index (χ1v) is 6.13. The number of carbonyl (C=O) groups excluding carboxylic acids is 1. The highest BCUT2D eigenvalue weighted by atomic mass is 19.4. The summed E-state index contributed by atoms with van der Waals surface area (Å²) < 4.78 is 42.0. The van der Waals surface area contributed by atoms with E-state index in [1.165, 1.54) is 24.5 Å². The van der Waals surface area contributed by atoms with Crippen LogP contribution in [0.3, 0.4) is 0 Å². The van der Waals surface area contributed by atoms with Crippen LogP contribution in [-0.2, 0) is 6.18 Å². The van der Waals surface area contributed by atoms with E-state index in [0.717, 1.165) is 16.9 Å². The van der Waals surface area contributed by atoms with Gasteiger partial charge in [0.05, 0.1) is 11.3 Å². The van der Waals surface area contributed by atoms with Crippen molar-refractivity contribution in [2.75, 3.05) is 5.32 Å². The Bertz CT molecular complexity index is 810. The Kier molecular flexibility index (Phi) is 3.52. The highest BCUT2D eigenvalue weighted by Gasteiger charge is 2.30. The van der Waals surface area contributed by atoms with Crippen molar-refractivity contribution in [2.45, 2.75) is 6.18 Å². The second-order valence-electron chi connectivity index (χ2n) is 4.29. The topological polar surface area (TPSA) is 98.7 Å². The van der Waals surface area contributed by atoms with Crippen LogP contribution >= 0.6 is 0 Å². The molecule has 0 unspecified atom stereocenters. The summed E-state index contributed by atoms with van der Waals surface area (Å²) >= 11 is 0. The molecule has 0 atom stereocenters. The van der Waals surface area contributed by atoms with Crippen LogP contribution in [0.25, 0.3) is 5.69 Å². The quantitative estimate of drug-likeness (QED) is 0.790. The summed E-state index contributed by atoms with van der Waals surface area (Å²) in [5.41, 5.74) is -0.573. The number of amides is 1. The molecule has 2 aromatic heterocycles. The molecular weight excluding hydrogens is 317 g/mol. The van der Waals surface area contributed by atoms with Gasteiger partial charge in [-0.1, -0.05) is 5.16 Å². The van der Waals surface area contributed by atoms with E-state index >= 15 is 0 Å². The minimum Gasteiger partial charge on any atom is -0.363 e. The first kappa shape index (κ1) is 14.7. The number of nitrogens with one attached hydrogen (secondary N) is 1. The molecule has 1 amide bonds. The Hall–Kier alpha value is -3.24. The fraction of sp³-hybridized carbons (Fsp3) is 0.0833. The Morgan fingerprint density at radius 1 is 1.17 bits per heavy atom. The molecule has 23 heavy (non-hydrogen) atoms. The van der Waals surface area contributed by atoms with E-state index < -0.39 is 17.6 Å². The van der Waals surface area contributed by atoms with E-state index in [-0.39, 0.29) is 17.3 Å². The van der Waals surface area contributed by atoms with Crippen molar-refractivity contribution < 1.29 is 22.5 Å². The molecule has 0 aliphatic carbocycles. The highest BCUT2D eigenvalue weighted by molar-refractivity contribution is 6.00. The number of tetrazole rings is 1. The minimum absolute atomic E-state index is 0.167. The number of rotatable bonds is 3. The molecule has 0 bridgehead atoms. The van der Waals surface area contributed by atoms with Crippen LogP contribution < -0.4 is 5.32 Å². The molecule has 3 aromatic rings. The van der Waals surface area contributed by atoms with Crippen molar-refractivity contribution in [3.63, 3.8) is 0 Å². The van der Waals surface area contributed by atoms with E-state index in [1.807, 2.05) is 0 Å². The number of aromatic nitrogens is 5. The van der Waals surface area contributed by atoms with E-state index in [9.17, 15) is 18.0 Å². The van der Waals surface area contributed by atoms with Crippen molar-refractivity contribution in [3.8, 4) is 5.69 Å². The van der Waals surface area contributed by atoms with Gasteiger partial charge >= 0.3 is 6.18 Å². The number of hydrogen-bond donors (Lipinski definition) is 1. The predicted octanol–water partition coefficient (Wildman–Crippen LogP) is 1.92. The molecule has 1 N–H and O–H groups in total. The number of hydrogen-bond acceptors (Lipinski definition) is 6. The van der Waals surface area contributed by atoms with Crippen molar-refractivity contribution in [1.82, 2.24) is 25.4 Å². The van der Waals surface area contributed by atoms with Crippen LogP contribution in [-0.4, -0.2) is 31.3 Å². The van der Waals surface area contributed by atoms with Crippen molar-refractivity contribution in [3.05, 3.63) is 48.0 Å². The third-order valence-corrected chi connectivity index (χ3v) is 2.72. The Balaban J connectivity index is 1.77. The summed E-state index contributed by atoms with van der Waals surface area (Å²) in [5.74, 6) is -0.786. The zero-order valence-corrected chi connectivity index (χ0v) is 11.2. The van der Waals surface area contributed by atoms with Gasteiger partial charge in [-0.05, 0) is 29.5 Å². The predicted molar refractivity (Wildman–Crippen MR) is 68.6 cm³/mol. The van der Waals surface area contributed by atoms with Crippen LogP contribution in [0.15, 0.2) is 41.1 Å². The van der Waals surface area contributed by atoms with Crippen LogP contribution in [0.5, 0.6) is 0 Å². The number of anilines is 1. The zero-order valence-electron chi connectivity index (χ0n) is 11.2. The molecule has 0 aliphatic rings. The van der Waals surface area contributed by atoms with Gasteiger partial charge in [-0.3, -0.25) is 4.79 Å². The lowest BCUT2D eigenvalue weighted by Gasteiger charge is -2.06. The molecule has 0 spiro atoms. The number of benzene rings is 1. The van der Waals surface area contributed by atoms with Gasteiger partial charge in [-0.2, -0.15) is 13.2 Å². The number of halogens is 3. The van der Waals surface area contributed by atoms with Crippen molar-refractivity contribution in [1.29, 1.82) is 0 Å². The van der Waals surface area contributed by atoms with Crippen LogP contribution in [0.1, 0.15) is 16.2 Å². The summed E-state index contributed by atoms with van der Waals surface area (Å²) in [6.07, 6.45) is -3.17. The maximum Gasteiger partial charge on any atom is 0.416 e. The van der Waals surface area contributed by atoms with E-state index in [2.05, 4.69) is 30.4 Å². The standard InChI is InChI=1S/C12H7F3N6O2/c13-12(14,15)7-1-3-8(4-2-7)21-18-10(17-20-21)11(22)16-9-5-6-23-19-9/h1-6H,(H,16,19,22). The van der Waals surface area contributed by atoms with Crippen LogP contribution in [0.4, 0.5) is 19.0 Å². The van der Waals surface area contributed by atoms with Gasteiger partial charge in [0, 0.05) is 6.07 Å². The smallest absolute Gasteiger partial charge is 0.363 e. The second-order valence-corrected chi connectivity index (χ2v) is 4.29. The zero-order chi connectivity index (χ0) is 16.4. The summed E-state index contributed by atoms with van der Waals surface area (Å²) in [6, 6.07) is 5.52. The van der Waals surface area contributed by atoms with Gasteiger partial charge in [-0.25, -0.2) is 0 Å². The summed E-state index contributed by atoms with van der Waals surface area (Å²) in [6.45, 7) is 0. The summed E-state index contributed by atoms with van der Waals surface area (Å²) in [4.78, 5) is 12.8. The van der Waals surface area contributed by atoms with E-state index in [4.69, 9.17) is 0 Å².